The van der Waals surface area contributed by atoms with Gasteiger partial charge in [0.25, 0.3) is 0 Å². The number of aliphatic imine (C=N–C) groups is 1. The predicted molar refractivity (Wildman–Crippen MR) is 50.8 cm³/mol. The Morgan fingerprint density at radius 3 is 2.92 bits per heavy atom. The van der Waals surface area contributed by atoms with E-state index in [0.717, 1.165) is 24.5 Å². The van der Waals surface area contributed by atoms with Crippen LogP contribution in [0.4, 0.5) is 4.39 Å². The largest absolute Gasteiger partial charge is 0.368 e. The number of nitrogens with zero attached hydrogens (tertiary/aromatic N) is 1. The van der Waals surface area contributed by atoms with Crippen molar-refractivity contribution in [2.45, 2.75) is 0 Å². The van der Waals surface area contributed by atoms with Gasteiger partial charge in [0.2, 0.25) is 0 Å². The van der Waals surface area contributed by atoms with Gasteiger partial charge in [0.15, 0.2) is 0 Å². The van der Waals surface area contributed by atoms with Gasteiger partial charge in [-0.2, -0.15) is 0 Å². The molecule has 1 aliphatic heterocycles. The second-order valence-electron chi connectivity index (χ2n) is 2.79. The van der Waals surface area contributed by atoms with Gasteiger partial charge in [-0.05, 0) is 18.2 Å². The monoisotopic (exact) mass is 198 g/mol. The molecule has 68 valence electrons. The van der Waals surface area contributed by atoms with Crippen LogP contribution in [-0.2, 0) is 0 Å². The van der Waals surface area contributed by atoms with Crippen molar-refractivity contribution in [2.75, 3.05) is 13.1 Å². The number of hydrogen-bond acceptors (Lipinski definition) is 2. The zero-order chi connectivity index (χ0) is 9.26. The number of nitrogens with one attached hydrogen (secondary N) is 1. The quantitative estimate of drug-likeness (QED) is 0.732. The number of amidine groups is 1. The van der Waals surface area contributed by atoms with Crippen LogP contribution < -0.4 is 5.32 Å². The Hall–Kier alpha value is -1.09. The molecule has 0 spiro atoms. The third kappa shape index (κ3) is 1.65. The van der Waals surface area contributed by atoms with Gasteiger partial charge < -0.3 is 5.32 Å². The highest BCUT2D eigenvalue weighted by atomic mass is 35.5. The normalized spacial score (nSPS) is 15.4. The van der Waals surface area contributed by atoms with Gasteiger partial charge in [-0.1, -0.05) is 11.6 Å². The molecular formula is C9H8ClFN2. The van der Waals surface area contributed by atoms with Gasteiger partial charge in [0.05, 0.1) is 11.6 Å². The van der Waals surface area contributed by atoms with E-state index in [4.69, 9.17) is 11.6 Å². The molecule has 0 unspecified atom stereocenters. The average molecular weight is 199 g/mol. The number of halogens is 2. The SMILES string of the molecule is Fc1ccc(C2=NCCN2)cc1Cl. The molecule has 13 heavy (non-hydrogen) atoms. The van der Waals surface area contributed by atoms with E-state index in [9.17, 15) is 4.39 Å². The molecule has 0 radical (unpaired) electrons. The fraction of sp³-hybridized carbons (Fsp3) is 0.222. The summed E-state index contributed by atoms with van der Waals surface area (Å²) in [4.78, 5) is 4.20. The van der Waals surface area contributed by atoms with Crippen molar-refractivity contribution < 1.29 is 4.39 Å². The third-order valence-electron chi connectivity index (χ3n) is 1.87. The summed E-state index contributed by atoms with van der Waals surface area (Å²) in [6.45, 7) is 1.61. The molecular weight excluding hydrogens is 191 g/mol. The molecule has 2 nitrogen and oxygen atoms in total. The van der Waals surface area contributed by atoms with Crippen LogP contribution in [0.3, 0.4) is 0 Å². The molecule has 0 atom stereocenters. The first-order valence-corrected chi connectivity index (χ1v) is 4.39. The summed E-state index contributed by atoms with van der Waals surface area (Å²) in [5.74, 6) is 0.394. The Bertz CT molecular complexity index is 363. The van der Waals surface area contributed by atoms with Crippen LogP contribution in [0.25, 0.3) is 0 Å². The highest BCUT2D eigenvalue weighted by Gasteiger charge is 2.09. The Morgan fingerprint density at radius 1 is 1.46 bits per heavy atom. The van der Waals surface area contributed by atoms with Crippen molar-refractivity contribution in [3.63, 3.8) is 0 Å². The summed E-state index contributed by atoms with van der Waals surface area (Å²) in [5.41, 5.74) is 0.837. The molecule has 1 heterocycles. The molecule has 2 rings (SSSR count). The van der Waals surface area contributed by atoms with Crippen LogP contribution in [0.5, 0.6) is 0 Å². The molecule has 1 aromatic carbocycles. The van der Waals surface area contributed by atoms with Crippen LogP contribution in [0.15, 0.2) is 23.2 Å². The van der Waals surface area contributed by atoms with E-state index in [-0.39, 0.29) is 5.02 Å². The Labute approximate surface area is 80.4 Å². The lowest BCUT2D eigenvalue weighted by Crippen LogP contribution is -2.19. The summed E-state index contributed by atoms with van der Waals surface area (Å²) in [6.07, 6.45) is 0. The Balaban J connectivity index is 2.36. The predicted octanol–water partition coefficient (Wildman–Crippen LogP) is 1.83. The summed E-state index contributed by atoms with van der Waals surface area (Å²) in [7, 11) is 0. The maximum atomic E-state index is 12.8. The summed E-state index contributed by atoms with van der Waals surface area (Å²) < 4.78 is 12.8. The van der Waals surface area contributed by atoms with Crippen LogP contribution in [0, 0.1) is 5.82 Å². The van der Waals surface area contributed by atoms with Crippen molar-refractivity contribution in [2.24, 2.45) is 4.99 Å². The second kappa shape index (κ2) is 3.34. The fourth-order valence-corrected chi connectivity index (χ4v) is 1.42. The highest BCUT2D eigenvalue weighted by molar-refractivity contribution is 6.31. The van der Waals surface area contributed by atoms with Crippen molar-refractivity contribution in [1.82, 2.24) is 5.32 Å². The number of benzene rings is 1. The minimum Gasteiger partial charge on any atom is -0.368 e. The van der Waals surface area contributed by atoms with Crippen LogP contribution in [0.2, 0.25) is 5.02 Å². The fourth-order valence-electron chi connectivity index (χ4n) is 1.23. The molecule has 0 aliphatic carbocycles. The maximum absolute atomic E-state index is 12.8. The molecule has 0 saturated carbocycles. The smallest absolute Gasteiger partial charge is 0.141 e. The first kappa shape index (κ1) is 8.51. The zero-order valence-corrected chi connectivity index (χ0v) is 7.61. The summed E-state index contributed by atoms with van der Waals surface area (Å²) in [5, 5.41) is 3.22. The van der Waals surface area contributed by atoms with E-state index in [1.807, 2.05) is 0 Å². The van der Waals surface area contributed by atoms with E-state index in [1.54, 1.807) is 12.1 Å². The lowest BCUT2D eigenvalue weighted by atomic mass is 10.2. The lowest BCUT2D eigenvalue weighted by Gasteiger charge is -2.02. The summed E-state index contributed by atoms with van der Waals surface area (Å²) in [6, 6.07) is 4.59. The molecule has 1 aliphatic rings. The third-order valence-corrected chi connectivity index (χ3v) is 2.16. The highest BCUT2D eigenvalue weighted by Crippen LogP contribution is 2.16. The van der Waals surface area contributed by atoms with E-state index in [0.29, 0.717) is 0 Å². The molecule has 0 amide bonds. The molecule has 0 aromatic heterocycles. The van der Waals surface area contributed by atoms with Gasteiger partial charge in [-0.25, -0.2) is 4.39 Å². The maximum Gasteiger partial charge on any atom is 0.141 e. The Kier molecular flexibility index (Phi) is 2.19. The Morgan fingerprint density at radius 2 is 2.31 bits per heavy atom. The molecule has 0 saturated heterocycles. The van der Waals surface area contributed by atoms with Crippen molar-refractivity contribution in [3.05, 3.63) is 34.6 Å². The summed E-state index contributed by atoms with van der Waals surface area (Å²) >= 11 is 5.63. The molecule has 4 heteroatoms. The van der Waals surface area contributed by atoms with Crippen LogP contribution in [0.1, 0.15) is 5.56 Å². The van der Waals surface area contributed by atoms with Gasteiger partial charge in [0, 0.05) is 12.1 Å². The molecule has 1 aromatic rings. The first-order chi connectivity index (χ1) is 6.27. The minimum atomic E-state index is -0.399. The topological polar surface area (TPSA) is 24.4 Å². The zero-order valence-electron chi connectivity index (χ0n) is 6.85. The van der Waals surface area contributed by atoms with E-state index in [2.05, 4.69) is 10.3 Å². The van der Waals surface area contributed by atoms with Gasteiger partial charge in [-0.15, -0.1) is 0 Å². The second-order valence-corrected chi connectivity index (χ2v) is 3.19. The van der Waals surface area contributed by atoms with Crippen LogP contribution in [-0.4, -0.2) is 18.9 Å². The molecule has 1 N–H and O–H groups in total. The minimum absolute atomic E-state index is 0.133. The number of rotatable bonds is 1. The first-order valence-electron chi connectivity index (χ1n) is 4.01. The van der Waals surface area contributed by atoms with E-state index < -0.39 is 5.82 Å². The number of hydrogen-bond donors (Lipinski definition) is 1. The van der Waals surface area contributed by atoms with Crippen LogP contribution >= 0.6 is 11.6 Å². The van der Waals surface area contributed by atoms with Gasteiger partial charge in [0.1, 0.15) is 11.7 Å². The van der Waals surface area contributed by atoms with Crippen molar-refractivity contribution in [1.29, 1.82) is 0 Å². The average Bonchev–Trinajstić information content (AvgIpc) is 2.62. The standard InChI is InChI=1S/C9H8ClFN2/c10-7-5-6(1-2-8(7)11)9-12-3-4-13-9/h1-2,5H,3-4H2,(H,12,13). The van der Waals surface area contributed by atoms with Gasteiger partial charge in [-0.3, -0.25) is 4.99 Å². The van der Waals surface area contributed by atoms with Crippen molar-refractivity contribution >= 4 is 17.4 Å². The molecule has 0 bridgehead atoms. The lowest BCUT2D eigenvalue weighted by molar-refractivity contribution is 0.628. The van der Waals surface area contributed by atoms with Gasteiger partial charge >= 0.3 is 0 Å². The van der Waals surface area contributed by atoms with E-state index in [1.165, 1.54) is 6.07 Å². The van der Waals surface area contributed by atoms with E-state index >= 15 is 0 Å². The van der Waals surface area contributed by atoms with Crippen molar-refractivity contribution in [3.8, 4) is 0 Å². The molecule has 0 fully saturated rings.